The third-order valence-corrected chi connectivity index (χ3v) is 3.87. The second kappa shape index (κ2) is 7.43. The molecule has 0 spiro atoms. The van der Waals surface area contributed by atoms with Crippen LogP contribution in [0.1, 0.15) is 31.9 Å². The number of amides is 1. The van der Waals surface area contributed by atoms with Gasteiger partial charge in [0.1, 0.15) is 0 Å². The van der Waals surface area contributed by atoms with Gasteiger partial charge < -0.3 is 20.1 Å². The molecule has 3 unspecified atom stereocenters. The van der Waals surface area contributed by atoms with Gasteiger partial charge in [-0.05, 0) is 25.8 Å². The second-order valence-corrected chi connectivity index (χ2v) is 5.41. The van der Waals surface area contributed by atoms with E-state index in [9.17, 15) is 9.90 Å². The highest BCUT2D eigenvalue weighted by Gasteiger charge is 2.31. The number of ether oxygens (including phenoxy) is 1. The van der Waals surface area contributed by atoms with Crippen LogP contribution in [-0.2, 0) is 4.74 Å². The van der Waals surface area contributed by atoms with E-state index in [1.807, 2.05) is 18.2 Å². The van der Waals surface area contributed by atoms with Gasteiger partial charge in [-0.25, -0.2) is 4.79 Å². The lowest BCUT2D eigenvalue weighted by Crippen LogP contribution is -2.54. The van der Waals surface area contributed by atoms with Crippen LogP contribution >= 0.6 is 0 Å². The van der Waals surface area contributed by atoms with Gasteiger partial charge in [0.15, 0.2) is 0 Å². The van der Waals surface area contributed by atoms with Crippen LogP contribution < -0.4 is 5.32 Å². The number of carbonyl (C=O) groups is 1. The monoisotopic (exact) mass is 292 g/mol. The number of aliphatic hydroxyl groups excluding tert-OH is 1. The van der Waals surface area contributed by atoms with Crippen LogP contribution in [-0.4, -0.2) is 47.9 Å². The number of β-amino-alcohol motifs (C(OH)–C–C–N with tert-alkyl or cyclic N) is 1. The highest BCUT2D eigenvalue weighted by molar-refractivity contribution is 5.67. The fourth-order valence-corrected chi connectivity index (χ4v) is 2.67. The highest BCUT2D eigenvalue weighted by atomic mass is 16.6. The Morgan fingerprint density at radius 3 is 2.81 bits per heavy atom. The highest BCUT2D eigenvalue weighted by Crippen LogP contribution is 2.18. The van der Waals surface area contributed by atoms with Crippen molar-refractivity contribution >= 4 is 6.09 Å². The molecular formula is C16H24N2O3. The maximum atomic E-state index is 11.7. The number of aliphatic hydroxyl groups is 1. The molecule has 3 atom stereocenters. The molecule has 1 fully saturated rings. The Morgan fingerprint density at radius 1 is 1.48 bits per heavy atom. The van der Waals surface area contributed by atoms with E-state index < -0.39 is 6.10 Å². The predicted molar refractivity (Wildman–Crippen MR) is 81.0 cm³/mol. The average molecular weight is 292 g/mol. The zero-order valence-electron chi connectivity index (χ0n) is 12.7. The standard InChI is InChI=1S/C16H24N2O3/c1-3-21-16(20)18-10-9-14(15(19)11-18)17-12(2)13-7-5-4-6-8-13/h4-8,12,14-15,17,19H,3,9-11H2,1-2H3. The number of nitrogens with one attached hydrogen (secondary N) is 1. The Balaban J connectivity index is 1.88. The average Bonchev–Trinajstić information content (AvgIpc) is 2.50. The lowest BCUT2D eigenvalue weighted by molar-refractivity contribution is 0.0285. The summed E-state index contributed by atoms with van der Waals surface area (Å²) in [6, 6.07) is 10.3. The fraction of sp³-hybridized carbons (Fsp3) is 0.562. The molecule has 0 radical (unpaired) electrons. The van der Waals surface area contributed by atoms with Crippen molar-refractivity contribution in [3.63, 3.8) is 0 Å². The molecule has 2 rings (SSSR count). The Bertz CT molecular complexity index is 452. The molecule has 2 N–H and O–H groups in total. The van der Waals surface area contributed by atoms with Gasteiger partial charge in [-0.2, -0.15) is 0 Å². The normalized spacial score (nSPS) is 23.7. The summed E-state index contributed by atoms with van der Waals surface area (Å²) in [7, 11) is 0. The number of nitrogens with zero attached hydrogens (tertiary/aromatic N) is 1. The van der Waals surface area contributed by atoms with Crippen LogP contribution in [0.2, 0.25) is 0 Å². The summed E-state index contributed by atoms with van der Waals surface area (Å²) in [4.78, 5) is 13.2. The van der Waals surface area contributed by atoms with Gasteiger partial charge in [0.25, 0.3) is 0 Å². The molecular weight excluding hydrogens is 268 g/mol. The molecule has 0 aromatic heterocycles. The van der Waals surface area contributed by atoms with Crippen molar-refractivity contribution in [3.05, 3.63) is 35.9 Å². The van der Waals surface area contributed by atoms with Crippen molar-refractivity contribution in [3.8, 4) is 0 Å². The van der Waals surface area contributed by atoms with E-state index in [1.54, 1.807) is 11.8 Å². The molecule has 1 aliphatic rings. The first-order chi connectivity index (χ1) is 10.1. The van der Waals surface area contributed by atoms with Crippen molar-refractivity contribution in [2.45, 2.75) is 38.5 Å². The molecule has 0 aliphatic carbocycles. The number of carbonyl (C=O) groups excluding carboxylic acids is 1. The number of rotatable bonds is 4. The SMILES string of the molecule is CCOC(=O)N1CCC(NC(C)c2ccccc2)C(O)C1. The molecule has 1 aromatic rings. The smallest absolute Gasteiger partial charge is 0.409 e. The summed E-state index contributed by atoms with van der Waals surface area (Å²) in [5.41, 5.74) is 1.19. The Kier molecular flexibility index (Phi) is 5.59. The van der Waals surface area contributed by atoms with Gasteiger partial charge in [0, 0.05) is 18.6 Å². The van der Waals surface area contributed by atoms with E-state index in [0.717, 1.165) is 6.42 Å². The Labute approximate surface area is 125 Å². The van der Waals surface area contributed by atoms with Crippen LogP contribution in [0.3, 0.4) is 0 Å². The minimum atomic E-state index is -0.575. The number of piperidine rings is 1. The van der Waals surface area contributed by atoms with Gasteiger partial charge in [0.05, 0.1) is 19.3 Å². The molecule has 1 aliphatic heterocycles. The number of likely N-dealkylation sites (tertiary alicyclic amines) is 1. The van der Waals surface area contributed by atoms with Crippen LogP contribution in [0.15, 0.2) is 30.3 Å². The topological polar surface area (TPSA) is 61.8 Å². The molecule has 21 heavy (non-hydrogen) atoms. The summed E-state index contributed by atoms with van der Waals surface area (Å²) in [6.07, 6.45) is -0.197. The maximum Gasteiger partial charge on any atom is 0.409 e. The zero-order chi connectivity index (χ0) is 15.2. The first-order valence-electron chi connectivity index (χ1n) is 7.52. The molecule has 1 amide bonds. The summed E-state index contributed by atoms with van der Waals surface area (Å²) < 4.78 is 4.97. The summed E-state index contributed by atoms with van der Waals surface area (Å²) in [6.45, 7) is 5.15. The van der Waals surface area contributed by atoms with Gasteiger partial charge in [-0.3, -0.25) is 0 Å². The van der Waals surface area contributed by atoms with Gasteiger partial charge in [-0.15, -0.1) is 0 Å². The molecule has 1 heterocycles. The summed E-state index contributed by atoms with van der Waals surface area (Å²) in [5, 5.41) is 13.7. The lowest BCUT2D eigenvalue weighted by atomic mass is 9.99. The van der Waals surface area contributed by atoms with Crippen LogP contribution in [0.25, 0.3) is 0 Å². The van der Waals surface area contributed by atoms with Crippen LogP contribution in [0.5, 0.6) is 0 Å². The Hall–Kier alpha value is -1.59. The molecule has 5 nitrogen and oxygen atoms in total. The van der Waals surface area contributed by atoms with Crippen molar-refractivity contribution in [2.75, 3.05) is 19.7 Å². The third-order valence-electron chi connectivity index (χ3n) is 3.87. The van der Waals surface area contributed by atoms with E-state index >= 15 is 0 Å². The van der Waals surface area contributed by atoms with Crippen LogP contribution in [0, 0.1) is 0 Å². The maximum absolute atomic E-state index is 11.7. The van der Waals surface area contributed by atoms with E-state index in [0.29, 0.717) is 19.7 Å². The van der Waals surface area contributed by atoms with E-state index in [4.69, 9.17) is 4.74 Å². The van der Waals surface area contributed by atoms with Crippen LogP contribution in [0.4, 0.5) is 4.79 Å². The number of benzene rings is 1. The minimum Gasteiger partial charge on any atom is -0.450 e. The fourth-order valence-electron chi connectivity index (χ4n) is 2.67. The van der Waals surface area contributed by atoms with Crippen molar-refractivity contribution < 1.29 is 14.6 Å². The second-order valence-electron chi connectivity index (χ2n) is 5.41. The van der Waals surface area contributed by atoms with Gasteiger partial charge in [-0.1, -0.05) is 30.3 Å². The van der Waals surface area contributed by atoms with E-state index in [-0.39, 0.29) is 18.2 Å². The Morgan fingerprint density at radius 2 is 2.19 bits per heavy atom. The number of hydrogen-bond acceptors (Lipinski definition) is 4. The van der Waals surface area contributed by atoms with Gasteiger partial charge >= 0.3 is 6.09 Å². The molecule has 116 valence electrons. The summed E-state index contributed by atoms with van der Waals surface area (Å²) in [5.74, 6) is 0. The summed E-state index contributed by atoms with van der Waals surface area (Å²) >= 11 is 0. The quantitative estimate of drug-likeness (QED) is 0.890. The molecule has 5 heteroatoms. The lowest BCUT2D eigenvalue weighted by Gasteiger charge is -2.37. The molecule has 0 saturated carbocycles. The molecule has 1 saturated heterocycles. The largest absolute Gasteiger partial charge is 0.450 e. The van der Waals surface area contributed by atoms with Crippen molar-refractivity contribution in [1.29, 1.82) is 0 Å². The first-order valence-corrected chi connectivity index (χ1v) is 7.52. The molecule has 0 bridgehead atoms. The van der Waals surface area contributed by atoms with E-state index in [1.165, 1.54) is 5.56 Å². The van der Waals surface area contributed by atoms with E-state index in [2.05, 4.69) is 24.4 Å². The zero-order valence-corrected chi connectivity index (χ0v) is 12.7. The minimum absolute atomic E-state index is 0.00844. The van der Waals surface area contributed by atoms with Gasteiger partial charge in [0.2, 0.25) is 0 Å². The van der Waals surface area contributed by atoms with Crippen molar-refractivity contribution in [1.82, 2.24) is 10.2 Å². The van der Waals surface area contributed by atoms with Crippen molar-refractivity contribution in [2.24, 2.45) is 0 Å². The third kappa shape index (κ3) is 4.19. The predicted octanol–water partition coefficient (Wildman–Crippen LogP) is 1.93. The molecule has 1 aromatic carbocycles. The first kappa shape index (κ1) is 15.8. The number of hydrogen-bond donors (Lipinski definition) is 2.